The SMILES string of the molecule is CCNC(=NCc1cccc(NC(=O)C(C)CC)c1)NCC(C(C)C)N1CCOCC1.I. The maximum absolute atomic E-state index is 12.2. The van der Waals surface area contributed by atoms with Crippen molar-refractivity contribution in [3.05, 3.63) is 29.8 Å². The molecule has 182 valence electrons. The smallest absolute Gasteiger partial charge is 0.227 e. The standard InChI is InChI=1S/C24H41N5O2.HI/c1-6-19(5)23(30)28-21-10-8-9-20(15-21)16-26-24(25-7-2)27-17-22(18(3)4)29-11-13-31-14-12-29;/h8-10,15,18-19,22H,6-7,11-14,16-17H2,1-5H3,(H,28,30)(H2,25,26,27);1H. The van der Waals surface area contributed by atoms with Crippen molar-refractivity contribution in [1.29, 1.82) is 0 Å². The molecule has 2 rings (SSSR count). The van der Waals surface area contributed by atoms with Crippen molar-refractivity contribution in [2.45, 2.75) is 53.6 Å². The highest BCUT2D eigenvalue weighted by molar-refractivity contribution is 14.0. The quantitative estimate of drug-likeness (QED) is 0.232. The van der Waals surface area contributed by atoms with Crippen LogP contribution in [0, 0.1) is 11.8 Å². The zero-order valence-corrected chi connectivity index (χ0v) is 22.6. The number of halogens is 1. The van der Waals surface area contributed by atoms with Crippen LogP contribution in [0.4, 0.5) is 5.69 Å². The van der Waals surface area contributed by atoms with E-state index in [0.29, 0.717) is 18.5 Å². The van der Waals surface area contributed by atoms with Crippen molar-refractivity contribution in [3.8, 4) is 0 Å². The Kier molecular flexibility index (Phi) is 13.8. The van der Waals surface area contributed by atoms with Crippen LogP contribution in [0.5, 0.6) is 0 Å². The number of rotatable bonds is 10. The minimum Gasteiger partial charge on any atom is -0.379 e. The average molecular weight is 560 g/mol. The van der Waals surface area contributed by atoms with Gasteiger partial charge in [0.1, 0.15) is 0 Å². The minimum absolute atomic E-state index is 0. The second-order valence-corrected chi connectivity index (χ2v) is 8.53. The molecule has 1 aromatic rings. The van der Waals surface area contributed by atoms with Gasteiger partial charge in [-0.05, 0) is 37.0 Å². The van der Waals surface area contributed by atoms with Gasteiger partial charge in [-0.15, -0.1) is 24.0 Å². The van der Waals surface area contributed by atoms with Crippen LogP contribution in [-0.2, 0) is 16.1 Å². The monoisotopic (exact) mass is 559 g/mol. The van der Waals surface area contributed by atoms with E-state index >= 15 is 0 Å². The van der Waals surface area contributed by atoms with E-state index in [9.17, 15) is 4.79 Å². The predicted octanol–water partition coefficient (Wildman–Crippen LogP) is 3.70. The Bertz CT molecular complexity index is 707. The predicted molar refractivity (Wildman–Crippen MR) is 144 cm³/mol. The molecule has 1 fully saturated rings. The Hall–Kier alpha value is -1.39. The number of benzene rings is 1. The summed E-state index contributed by atoms with van der Waals surface area (Å²) in [5.41, 5.74) is 1.89. The molecule has 32 heavy (non-hydrogen) atoms. The topological polar surface area (TPSA) is 78.0 Å². The van der Waals surface area contributed by atoms with E-state index in [1.54, 1.807) is 0 Å². The molecule has 1 amide bonds. The largest absolute Gasteiger partial charge is 0.379 e. The van der Waals surface area contributed by atoms with Crippen molar-refractivity contribution in [2.24, 2.45) is 16.8 Å². The number of ether oxygens (including phenoxy) is 1. The summed E-state index contributed by atoms with van der Waals surface area (Å²) in [6.45, 7) is 16.3. The molecule has 1 aromatic carbocycles. The average Bonchev–Trinajstić information content (AvgIpc) is 2.77. The van der Waals surface area contributed by atoms with Gasteiger partial charge < -0.3 is 20.7 Å². The lowest BCUT2D eigenvalue weighted by Crippen LogP contribution is -2.52. The second kappa shape index (κ2) is 15.4. The molecule has 1 heterocycles. The molecule has 3 N–H and O–H groups in total. The lowest BCUT2D eigenvalue weighted by molar-refractivity contribution is -0.119. The maximum Gasteiger partial charge on any atom is 0.227 e. The molecule has 8 heteroatoms. The first-order valence-electron chi connectivity index (χ1n) is 11.7. The van der Waals surface area contributed by atoms with Gasteiger partial charge in [-0.1, -0.05) is 39.8 Å². The fourth-order valence-corrected chi connectivity index (χ4v) is 3.61. The Morgan fingerprint density at radius 1 is 1.16 bits per heavy atom. The molecule has 2 atom stereocenters. The molecule has 0 bridgehead atoms. The molecule has 0 spiro atoms. The fraction of sp³-hybridized carbons (Fsp3) is 0.667. The van der Waals surface area contributed by atoms with E-state index in [0.717, 1.165) is 63.0 Å². The third kappa shape index (κ3) is 9.62. The van der Waals surface area contributed by atoms with Crippen molar-refractivity contribution >= 4 is 41.5 Å². The molecule has 2 unspecified atom stereocenters. The Balaban J connectivity index is 0.00000512. The lowest BCUT2D eigenvalue weighted by Gasteiger charge is -2.37. The summed E-state index contributed by atoms with van der Waals surface area (Å²) >= 11 is 0. The normalized spacial score (nSPS) is 16.8. The van der Waals surface area contributed by atoms with Crippen LogP contribution in [0.1, 0.15) is 46.6 Å². The number of guanidine groups is 1. The van der Waals surface area contributed by atoms with E-state index in [-0.39, 0.29) is 35.8 Å². The number of carbonyl (C=O) groups excluding carboxylic acids is 1. The van der Waals surface area contributed by atoms with Crippen LogP contribution in [0.25, 0.3) is 0 Å². The molecular formula is C24H42IN5O2. The van der Waals surface area contributed by atoms with Crippen LogP contribution in [-0.4, -0.2) is 62.2 Å². The molecule has 0 aliphatic carbocycles. The Morgan fingerprint density at radius 2 is 1.88 bits per heavy atom. The number of morpholine rings is 1. The second-order valence-electron chi connectivity index (χ2n) is 8.53. The first-order chi connectivity index (χ1) is 14.9. The van der Waals surface area contributed by atoms with Gasteiger partial charge in [-0.2, -0.15) is 0 Å². The molecule has 0 saturated carbocycles. The third-order valence-corrected chi connectivity index (χ3v) is 5.78. The van der Waals surface area contributed by atoms with Gasteiger partial charge in [0.2, 0.25) is 5.91 Å². The van der Waals surface area contributed by atoms with E-state index < -0.39 is 0 Å². The number of nitrogens with one attached hydrogen (secondary N) is 3. The van der Waals surface area contributed by atoms with Gasteiger partial charge in [0, 0.05) is 43.8 Å². The van der Waals surface area contributed by atoms with Gasteiger partial charge in [0.05, 0.1) is 19.8 Å². The Morgan fingerprint density at radius 3 is 2.50 bits per heavy atom. The van der Waals surface area contributed by atoms with Crippen LogP contribution < -0.4 is 16.0 Å². The highest BCUT2D eigenvalue weighted by Crippen LogP contribution is 2.14. The summed E-state index contributed by atoms with van der Waals surface area (Å²) in [5, 5.41) is 9.87. The number of anilines is 1. The summed E-state index contributed by atoms with van der Waals surface area (Å²) in [7, 11) is 0. The summed E-state index contributed by atoms with van der Waals surface area (Å²) in [5.74, 6) is 1.42. The van der Waals surface area contributed by atoms with Gasteiger partial charge in [0.25, 0.3) is 0 Å². The van der Waals surface area contributed by atoms with Crippen molar-refractivity contribution in [3.63, 3.8) is 0 Å². The molecule has 0 aromatic heterocycles. The van der Waals surface area contributed by atoms with Gasteiger partial charge in [0.15, 0.2) is 5.96 Å². The van der Waals surface area contributed by atoms with E-state index in [2.05, 4.69) is 41.6 Å². The lowest BCUT2D eigenvalue weighted by atomic mass is 10.0. The number of nitrogens with zero attached hydrogens (tertiary/aromatic N) is 2. The van der Waals surface area contributed by atoms with Crippen LogP contribution in [0.3, 0.4) is 0 Å². The maximum atomic E-state index is 12.2. The van der Waals surface area contributed by atoms with Crippen LogP contribution in [0.2, 0.25) is 0 Å². The van der Waals surface area contributed by atoms with Gasteiger partial charge in [-0.3, -0.25) is 9.69 Å². The van der Waals surface area contributed by atoms with Crippen molar-refractivity contribution < 1.29 is 9.53 Å². The Labute approximate surface area is 211 Å². The summed E-state index contributed by atoms with van der Waals surface area (Å²) in [6, 6.07) is 8.36. The third-order valence-electron chi connectivity index (χ3n) is 5.78. The van der Waals surface area contributed by atoms with E-state index in [1.807, 2.05) is 38.1 Å². The first kappa shape index (κ1) is 28.6. The number of hydrogen-bond donors (Lipinski definition) is 3. The molecule has 7 nitrogen and oxygen atoms in total. The van der Waals surface area contributed by atoms with E-state index in [1.165, 1.54) is 0 Å². The minimum atomic E-state index is 0. The zero-order chi connectivity index (χ0) is 22.6. The molecule has 1 aliphatic heterocycles. The van der Waals surface area contributed by atoms with Gasteiger partial charge in [-0.25, -0.2) is 4.99 Å². The summed E-state index contributed by atoms with van der Waals surface area (Å²) in [6.07, 6.45) is 0.829. The fourth-order valence-electron chi connectivity index (χ4n) is 3.61. The van der Waals surface area contributed by atoms with Gasteiger partial charge >= 0.3 is 0 Å². The first-order valence-corrected chi connectivity index (χ1v) is 11.7. The van der Waals surface area contributed by atoms with E-state index in [4.69, 9.17) is 9.73 Å². The van der Waals surface area contributed by atoms with Crippen LogP contribution in [0.15, 0.2) is 29.3 Å². The molecule has 1 saturated heterocycles. The molecule has 1 aliphatic rings. The van der Waals surface area contributed by atoms with Crippen molar-refractivity contribution in [1.82, 2.24) is 15.5 Å². The number of hydrogen-bond acceptors (Lipinski definition) is 4. The number of aliphatic imine (C=N–C) groups is 1. The number of carbonyl (C=O) groups is 1. The zero-order valence-electron chi connectivity index (χ0n) is 20.3. The highest BCUT2D eigenvalue weighted by atomic mass is 127. The summed E-state index contributed by atoms with van der Waals surface area (Å²) in [4.78, 5) is 19.4. The van der Waals surface area contributed by atoms with Crippen LogP contribution >= 0.6 is 24.0 Å². The highest BCUT2D eigenvalue weighted by Gasteiger charge is 2.23. The van der Waals surface area contributed by atoms with Crippen molar-refractivity contribution in [2.75, 3.05) is 44.7 Å². The molecular weight excluding hydrogens is 517 g/mol. The number of amides is 1. The summed E-state index contributed by atoms with van der Waals surface area (Å²) < 4.78 is 5.51. The molecule has 0 radical (unpaired) electrons.